The van der Waals surface area contributed by atoms with Crippen LogP contribution in [0.25, 0.3) is 0 Å². The lowest BCUT2D eigenvalue weighted by atomic mass is 9.82. The van der Waals surface area contributed by atoms with Crippen molar-refractivity contribution in [3.05, 3.63) is 23.3 Å². The van der Waals surface area contributed by atoms with Gasteiger partial charge in [0.15, 0.2) is 11.5 Å². The van der Waals surface area contributed by atoms with Crippen molar-refractivity contribution >= 4 is 11.8 Å². The summed E-state index contributed by atoms with van der Waals surface area (Å²) >= 11 is 0. The minimum atomic E-state index is -0.664. The van der Waals surface area contributed by atoms with E-state index in [9.17, 15) is 9.59 Å². The maximum Gasteiger partial charge on any atom is 0.317 e. The number of esters is 1. The fourth-order valence-corrected chi connectivity index (χ4v) is 3.66. The first kappa shape index (κ1) is 16.8. The topological polar surface area (TPSA) is 65.1 Å². The summed E-state index contributed by atoms with van der Waals surface area (Å²) in [6.07, 6.45) is 1.18. The summed E-state index contributed by atoms with van der Waals surface area (Å²) in [7, 11) is 3.22. The number of Topliss-reactive ketones (excluding diaryl/α,β-unsaturated/α-hetero) is 1. The van der Waals surface area contributed by atoms with Gasteiger partial charge in [-0.05, 0) is 36.6 Å². The van der Waals surface area contributed by atoms with Crippen molar-refractivity contribution in [3.63, 3.8) is 0 Å². The zero-order valence-corrected chi connectivity index (χ0v) is 14.3. The molecule has 3 rings (SSSR count). The van der Waals surface area contributed by atoms with Crippen LogP contribution in [0.5, 0.6) is 11.5 Å². The highest BCUT2D eigenvalue weighted by Gasteiger charge is 2.42. The molecule has 0 amide bonds. The Labute approximate surface area is 141 Å². The average molecular weight is 333 g/mol. The number of carbonyl (C=O) groups is 2. The number of methoxy groups -OCH3 is 2. The van der Waals surface area contributed by atoms with Gasteiger partial charge in [-0.2, -0.15) is 0 Å². The van der Waals surface area contributed by atoms with Gasteiger partial charge in [0.1, 0.15) is 11.7 Å². The van der Waals surface area contributed by atoms with Gasteiger partial charge in [0.25, 0.3) is 0 Å². The van der Waals surface area contributed by atoms with Crippen molar-refractivity contribution < 1.29 is 23.8 Å². The minimum absolute atomic E-state index is 0.00765. The SMILES string of the molecule is CCOC(=O)C1CN2CCc3cc(OC)c(OC)cc3C2CC1=O. The highest BCUT2D eigenvalue weighted by atomic mass is 16.5. The Bertz CT molecular complexity index is 657. The van der Waals surface area contributed by atoms with Gasteiger partial charge >= 0.3 is 5.97 Å². The second-order valence-electron chi connectivity index (χ2n) is 6.14. The zero-order valence-electron chi connectivity index (χ0n) is 14.3. The van der Waals surface area contributed by atoms with Gasteiger partial charge in [-0.3, -0.25) is 14.5 Å². The van der Waals surface area contributed by atoms with Crippen molar-refractivity contribution in [2.45, 2.75) is 25.8 Å². The third-order valence-corrected chi connectivity index (χ3v) is 4.88. The van der Waals surface area contributed by atoms with Crippen LogP contribution in [0.3, 0.4) is 0 Å². The van der Waals surface area contributed by atoms with Crippen LogP contribution in [0.2, 0.25) is 0 Å². The predicted molar refractivity (Wildman–Crippen MR) is 87.3 cm³/mol. The lowest BCUT2D eigenvalue weighted by molar-refractivity contribution is -0.155. The lowest BCUT2D eigenvalue weighted by Crippen LogP contribution is -2.49. The van der Waals surface area contributed by atoms with Crippen molar-refractivity contribution in [3.8, 4) is 11.5 Å². The standard InChI is InChI=1S/C18H23NO5/c1-4-24-18(21)13-10-19-6-5-11-7-16(22-2)17(23-3)8-12(11)14(19)9-15(13)20/h7-8,13-14H,4-6,9-10H2,1-3H3. The molecular formula is C18H23NO5. The molecule has 0 radical (unpaired) electrons. The number of nitrogens with zero attached hydrogens (tertiary/aromatic N) is 1. The van der Waals surface area contributed by atoms with E-state index >= 15 is 0 Å². The third-order valence-electron chi connectivity index (χ3n) is 4.88. The minimum Gasteiger partial charge on any atom is -0.493 e. The second-order valence-corrected chi connectivity index (χ2v) is 6.14. The first-order chi connectivity index (χ1) is 11.6. The number of benzene rings is 1. The smallest absolute Gasteiger partial charge is 0.317 e. The van der Waals surface area contributed by atoms with Crippen LogP contribution in [0.15, 0.2) is 12.1 Å². The number of carbonyl (C=O) groups excluding carboxylic acids is 2. The van der Waals surface area contributed by atoms with E-state index in [1.165, 1.54) is 5.56 Å². The fourth-order valence-electron chi connectivity index (χ4n) is 3.66. The van der Waals surface area contributed by atoms with Gasteiger partial charge in [0.05, 0.1) is 20.8 Å². The average Bonchev–Trinajstić information content (AvgIpc) is 2.60. The van der Waals surface area contributed by atoms with E-state index in [2.05, 4.69) is 4.90 Å². The maximum absolute atomic E-state index is 12.5. The number of rotatable bonds is 4. The summed E-state index contributed by atoms with van der Waals surface area (Å²) in [5.74, 6) is 0.258. The second kappa shape index (κ2) is 6.81. The van der Waals surface area contributed by atoms with E-state index in [1.54, 1.807) is 21.1 Å². The van der Waals surface area contributed by atoms with Gasteiger partial charge in [-0.25, -0.2) is 0 Å². The molecule has 0 bridgehead atoms. The highest BCUT2D eigenvalue weighted by Crippen LogP contribution is 2.41. The van der Waals surface area contributed by atoms with Crippen LogP contribution in [0.4, 0.5) is 0 Å². The van der Waals surface area contributed by atoms with E-state index in [-0.39, 0.29) is 11.8 Å². The molecule has 6 heteroatoms. The molecule has 2 aliphatic heterocycles. The van der Waals surface area contributed by atoms with E-state index in [0.717, 1.165) is 18.5 Å². The summed E-state index contributed by atoms with van der Waals surface area (Å²) in [5, 5.41) is 0. The molecule has 0 aromatic heterocycles. The molecule has 0 N–H and O–H groups in total. The first-order valence-electron chi connectivity index (χ1n) is 8.27. The Hall–Kier alpha value is -2.08. The molecular weight excluding hydrogens is 310 g/mol. The van der Waals surface area contributed by atoms with Gasteiger partial charge < -0.3 is 14.2 Å². The molecule has 2 heterocycles. The number of piperidine rings is 1. The van der Waals surface area contributed by atoms with Gasteiger partial charge in [0.2, 0.25) is 0 Å². The molecule has 0 saturated carbocycles. The van der Waals surface area contributed by atoms with Crippen LogP contribution in [-0.4, -0.2) is 50.6 Å². The summed E-state index contributed by atoms with van der Waals surface area (Å²) < 4.78 is 15.8. The molecule has 0 aliphatic carbocycles. The van der Waals surface area contributed by atoms with Crippen molar-refractivity contribution in [2.75, 3.05) is 33.9 Å². The Kier molecular flexibility index (Phi) is 4.76. The zero-order chi connectivity index (χ0) is 17.3. The monoisotopic (exact) mass is 333 g/mol. The molecule has 1 fully saturated rings. The number of ether oxygens (including phenoxy) is 3. The quantitative estimate of drug-likeness (QED) is 0.618. The highest BCUT2D eigenvalue weighted by molar-refractivity contribution is 6.00. The molecule has 1 aromatic carbocycles. The molecule has 0 spiro atoms. The van der Waals surface area contributed by atoms with Crippen LogP contribution in [0.1, 0.15) is 30.5 Å². The number of hydrogen-bond acceptors (Lipinski definition) is 6. The molecule has 2 aliphatic rings. The molecule has 1 aromatic rings. The van der Waals surface area contributed by atoms with Gasteiger partial charge in [0, 0.05) is 25.6 Å². The predicted octanol–water partition coefficient (Wildman–Crippen LogP) is 1.76. The normalized spacial score (nSPS) is 23.2. The molecule has 2 unspecified atom stereocenters. The third kappa shape index (κ3) is 2.86. The Morgan fingerprint density at radius 2 is 1.96 bits per heavy atom. The van der Waals surface area contributed by atoms with E-state index in [1.807, 2.05) is 12.1 Å². The van der Waals surface area contributed by atoms with Crippen LogP contribution < -0.4 is 9.47 Å². The Balaban J connectivity index is 1.88. The summed E-state index contributed by atoms with van der Waals surface area (Å²) in [5.41, 5.74) is 2.27. The molecule has 6 nitrogen and oxygen atoms in total. The van der Waals surface area contributed by atoms with Crippen molar-refractivity contribution in [1.82, 2.24) is 4.90 Å². The Morgan fingerprint density at radius 1 is 1.25 bits per heavy atom. The largest absolute Gasteiger partial charge is 0.493 e. The summed E-state index contributed by atoms with van der Waals surface area (Å²) in [4.78, 5) is 26.7. The van der Waals surface area contributed by atoms with Crippen LogP contribution in [0, 0.1) is 5.92 Å². The summed E-state index contributed by atoms with van der Waals surface area (Å²) in [6.45, 7) is 3.29. The first-order valence-corrected chi connectivity index (χ1v) is 8.27. The maximum atomic E-state index is 12.5. The number of ketones is 1. The number of hydrogen-bond donors (Lipinski definition) is 0. The molecule has 2 atom stereocenters. The van der Waals surface area contributed by atoms with Crippen LogP contribution in [-0.2, 0) is 20.7 Å². The van der Waals surface area contributed by atoms with Crippen LogP contribution >= 0.6 is 0 Å². The Morgan fingerprint density at radius 3 is 2.62 bits per heavy atom. The molecule has 24 heavy (non-hydrogen) atoms. The lowest BCUT2D eigenvalue weighted by Gasteiger charge is -2.42. The van der Waals surface area contributed by atoms with E-state index in [4.69, 9.17) is 14.2 Å². The molecule has 1 saturated heterocycles. The van der Waals surface area contributed by atoms with Crippen molar-refractivity contribution in [1.29, 1.82) is 0 Å². The van der Waals surface area contributed by atoms with E-state index < -0.39 is 11.9 Å². The van der Waals surface area contributed by atoms with Crippen molar-refractivity contribution in [2.24, 2.45) is 5.92 Å². The number of fused-ring (bicyclic) bond motifs is 3. The van der Waals surface area contributed by atoms with E-state index in [0.29, 0.717) is 31.1 Å². The summed E-state index contributed by atoms with van der Waals surface area (Å²) in [6, 6.07) is 3.95. The fraction of sp³-hybridized carbons (Fsp3) is 0.556. The van der Waals surface area contributed by atoms with Gasteiger partial charge in [-0.1, -0.05) is 0 Å². The van der Waals surface area contributed by atoms with Gasteiger partial charge in [-0.15, -0.1) is 0 Å². The molecule has 130 valence electrons.